The summed E-state index contributed by atoms with van der Waals surface area (Å²) < 4.78 is 39.3. The summed E-state index contributed by atoms with van der Waals surface area (Å²) in [4.78, 5) is 0. The van der Waals surface area contributed by atoms with E-state index in [-0.39, 0.29) is 28.0 Å². The van der Waals surface area contributed by atoms with Crippen molar-refractivity contribution in [3.8, 4) is 5.75 Å². The van der Waals surface area contributed by atoms with Crippen LogP contribution in [0.25, 0.3) is 0 Å². The molecule has 2 nitrogen and oxygen atoms in total. The van der Waals surface area contributed by atoms with Gasteiger partial charge in [0.05, 0.1) is 10.7 Å². The number of aromatic hydroxyl groups is 1. The van der Waals surface area contributed by atoms with Crippen molar-refractivity contribution in [3.63, 3.8) is 0 Å². The zero-order valence-corrected chi connectivity index (χ0v) is 11.4. The van der Waals surface area contributed by atoms with E-state index in [2.05, 4.69) is 5.32 Å². The first kappa shape index (κ1) is 14.8. The van der Waals surface area contributed by atoms with Crippen LogP contribution in [0.3, 0.4) is 0 Å². The number of hydrogen-bond donors (Lipinski definition) is 2. The maximum Gasteiger partial charge on any atom is 0.196 e. The summed E-state index contributed by atoms with van der Waals surface area (Å²) in [6.07, 6.45) is 0. The van der Waals surface area contributed by atoms with Gasteiger partial charge in [0.25, 0.3) is 0 Å². The second-order valence-electron chi connectivity index (χ2n) is 3.97. The first-order valence-electron chi connectivity index (χ1n) is 5.44. The molecule has 20 heavy (non-hydrogen) atoms. The van der Waals surface area contributed by atoms with Gasteiger partial charge < -0.3 is 10.4 Å². The average Bonchev–Trinajstić information content (AvgIpc) is 2.40. The number of phenolic OH excluding ortho intramolecular Hbond substituents is 1. The minimum absolute atomic E-state index is 0.0417. The molecule has 106 valence electrons. The number of hydrogen-bond acceptors (Lipinski definition) is 2. The van der Waals surface area contributed by atoms with Crippen molar-refractivity contribution >= 4 is 28.9 Å². The van der Waals surface area contributed by atoms with Crippen LogP contribution in [0.2, 0.25) is 10.0 Å². The summed E-state index contributed by atoms with van der Waals surface area (Å²) in [5.41, 5.74) is 0.0611. The van der Waals surface area contributed by atoms with Crippen LogP contribution in [0.15, 0.2) is 24.3 Å². The molecule has 2 aromatic rings. The highest BCUT2D eigenvalue weighted by molar-refractivity contribution is 6.35. The molecule has 0 atom stereocenters. The van der Waals surface area contributed by atoms with E-state index in [0.717, 1.165) is 12.1 Å². The van der Waals surface area contributed by atoms with Gasteiger partial charge in [-0.1, -0.05) is 23.2 Å². The van der Waals surface area contributed by atoms with E-state index < -0.39 is 17.5 Å². The summed E-state index contributed by atoms with van der Waals surface area (Å²) in [6, 6.07) is 4.62. The van der Waals surface area contributed by atoms with E-state index in [9.17, 15) is 18.3 Å². The summed E-state index contributed by atoms with van der Waals surface area (Å²) in [5, 5.41) is 12.6. The van der Waals surface area contributed by atoms with Crippen molar-refractivity contribution in [2.24, 2.45) is 0 Å². The zero-order chi connectivity index (χ0) is 14.9. The Labute approximate surface area is 122 Å². The Balaban J connectivity index is 2.24. The van der Waals surface area contributed by atoms with Gasteiger partial charge in [0.1, 0.15) is 5.75 Å². The van der Waals surface area contributed by atoms with Gasteiger partial charge in [-0.05, 0) is 24.3 Å². The lowest BCUT2D eigenvalue weighted by Gasteiger charge is -2.11. The van der Waals surface area contributed by atoms with E-state index in [1.807, 2.05) is 0 Å². The van der Waals surface area contributed by atoms with Crippen LogP contribution in [0.4, 0.5) is 18.9 Å². The Morgan fingerprint density at radius 3 is 2.45 bits per heavy atom. The maximum atomic E-state index is 13.4. The van der Waals surface area contributed by atoms with Crippen molar-refractivity contribution in [3.05, 3.63) is 57.3 Å². The quantitative estimate of drug-likeness (QED) is 0.801. The van der Waals surface area contributed by atoms with Crippen LogP contribution in [-0.4, -0.2) is 5.11 Å². The third kappa shape index (κ3) is 2.94. The van der Waals surface area contributed by atoms with Gasteiger partial charge in [0.15, 0.2) is 17.5 Å². The molecule has 0 spiro atoms. The number of phenols is 1. The highest BCUT2D eigenvalue weighted by atomic mass is 35.5. The topological polar surface area (TPSA) is 32.3 Å². The summed E-state index contributed by atoms with van der Waals surface area (Å²) in [7, 11) is 0. The smallest absolute Gasteiger partial charge is 0.196 e. The molecule has 0 saturated heterocycles. The summed E-state index contributed by atoms with van der Waals surface area (Å²) >= 11 is 11.5. The molecule has 0 unspecified atom stereocenters. The lowest BCUT2D eigenvalue weighted by atomic mass is 10.2. The average molecular weight is 322 g/mol. The number of rotatable bonds is 3. The highest BCUT2D eigenvalue weighted by Gasteiger charge is 2.14. The van der Waals surface area contributed by atoms with Crippen molar-refractivity contribution in [2.75, 3.05) is 5.32 Å². The van der Waals surface area contributed by atoms with Crippen LogP contribution in [0, 0.1) is 17.5 Å². The maximum absolute atomic E-state index is 13.4. The Morgan fingerprint density at radius 2 is 1.75 bits per heavy atom. The molecule has 0 amide bonds. The van der Waals surface area contributed by atoms with Gasteiger partial charge in [-0.15, -0.1) is 0 Å². The minimum atomic E-state index is -1.57. The molecule has 0 aromatic heterocycles. The molecule has 0 radical (unpaired) electrons. The lowest BCUT2D eigenvalue weighted by Crippen LogP contribution is -2.04. The molecular weight excluding hydrogens is 314 g/mol. The molecule has 0 bridgehead atoms. The van der Waals surface area contributed by atoms with E-state index in [0.29, 0.717) is 5.56 Å². The van der Waals surface area contributed by atoms with E-state index in [1.54, 1.807) is 0 Å². The van der Waals surface area contributed by atoms with Crippen molar-refractivity contribution < 1.29 is 18.3 Å². The standard InChI is InChI=1S/C13H8Cl2F3NO/c14-7-3-6(13(20)8(15)4-7)5-19-10-2-1-9(16)11(17)12(10)18/h1-4,19-20H,5H2. The van der Waals surface area contributed by atoms with Crippen molar-refractivity contribution in [2.45, 2.75) is 6.54 Å². The van der Waals surface area contributed by atoms with E-state index in [4.69, 9.17) is 23.2 Å². The van der Waals surface area contributed by atoms with Crippen LogP contribution in [-0.2, 0) is 6.54 Å². The Hall–Kier alpha value is -1.59. The molecule has 7 heteroatoms. The van der Waals surface area contributed by atoms with Gasteiger partial charge in [-0.25, -0.2) is 13.2 Å². The molecule has 2 aromatic carbocycles. The van der Waals surface area contributed by atoms with Gasteiger partial charge in [-0.2, -0.15) is 0 Å². The van der Waals surface area contributed by atoms with Crippen molar-refractivity contribution in [1.29, 1.82) is 0 Å². The SMILES string of the molecule is Oc1c(Cl)cc(Cl)cc1CNc1ccc(F)c(F)c1F. The number of halogens is 5. The van der Waals surface area contributed by atoms with Crippen LogP contribution in [0.1, 0.15) is 5.56 Å². The molecule has 0 aliphatic carbocycles. The normalized spacial score (nSPS) is 10.7. The van der Waals surface area contributed by atoms with Gasteiger partial charge in [0, 0.05) is 17.1 Å². The molecule has 0 fully saturated rings. The van der Waals surface area contributed by atoms with Crippen LogP contribution < -0.4 is 5.32 Å². The van der Waals surface area contributed by atoms with E-state index >= 15 is 0 Å². The molecule has 0 aliphatic heterocycles. The summed E-state index contributed by atoms with van der Waals surface area (Å²) in [6.45, 7) is -0.0614. The summed E-state index contributed by atoms with van der Waals surface area (Å²) in [5.74, 6) is -4.39. The Kier molecular flexibility index (Phi) is 4.30. The third-order valence-corrected chi connectivity index (χ3v) is 3.12. The zero-order valence-electron chi connectivity index (χ0n) is 9.85. The molecule has 0 aliphatic rings. The van der Waals surface area contributed by atoms with Crippen LogP contribution >= 0.6 is 23.2 Å². The van der Waals surface area contributed by atoms with Gasteiger partial charge in [-0.3, -0.25) is 0 Å². The molecule has 0 saturated carbocycles. The second kappa shape index (κ2) is 5.81. The lowest BCUT2D eigenvalue weighted by molar-refractivity contribution is 0.448. The second-order valence-corrected chi connectivity index (χ2v) is 4.82. The Bertz CT molecular complexity index is 665. The minimum Gasteiger partial charge on any atom is -0.506 e. The van der Waals surface area contributed by atoms with E-state index in [1.165, 1.54) is 12.1 Å². The first-order valence-corrected chi connectivity index (χ1v) is 6.20. The fourth-order valence-corrected chi connectivity index (χ4v) is 2.14. The first-order chi connectivity index (χ1) is 9.40. The number of nitrogens with one attached hydrogen (secondary N) is 1. The fraction of sp³-hybridized carbons (Fsp3) is 0.0769. The van der Waals surface area contributed by atoms with Crippen LogP contribution in [0.5, 0.6) is 5.75 Å². The predicted octanol–water partition coefficient (Wildman–Crippen LogP) is 4.73. The molecule has 0 heterocycles. The Morgan fingerprint density at radius 1 is 1.05 bits per heavy atom. The predicted molar refractivity (Wildman–Crippen MR) is 71.8 cm³/mol. The highest BCUT2D eigenvalue weighted by Crippen LogP contribution is 2.32. The van der Waals surface area contributed by atoms with Crippen molar-refractivity contribution in [1.82, 2.24) is 0 Å². The monoisotopic (exact) mass is 321 g/mol. The van der Waals surface area contributed by atoms with Gasteiger partial charge in [0.2, 0.25) is 0 Å². The third-order valence-electron chi connectivity index (χ3n) is 2.61. The molecule has 2 N–H and O–H groups in total. The fourth-order valence-electron chi connectivity index (χ4n) is 1.61. The largest absolute Gasteiger partial charge is 0.506 e. The number of anilines is 1. The molecular formula is C13H8Cl2F3NO. The number of benzene rings is 2. The van der Waals surface area contributed by atoms with Gasteiger partial charge >= 0.3 is 0 Å². The molecule has 2 rings (SSSR count).